The maximum Gasteiger partial charge on any atom is 0.259 e. The Kier molecular flexibility index (Phi) is 7.28. The summed E-state index contributed by atoms with van der Waals surface area (Å²) < 4.78 is 16.7. The molecule has 1 fully saturated rings. The number of rotatable bonds is 5. The van der Waals surface area contributed by atoms with Gasteiger partial charge in [0.2, 0.25) is 5.95 Å². The lowest BCUT2D eigenvalue weighted by atomic mass is 9.89. The highest BCUT2D eigenvalue weighted by Gasteiger charge is 2.19. The summed E-state index contributed by atoms with van der Waals surface area (Å²) in [6, 6.07) is 16.4. The first-order valence-corrected chi connectivity index (χ1v) is 14.0. The highest BCUT2D eigenvalue weighted by Crippen LogP contribution is 2.35. The van der Waals surface area contributed by atoms with Gasteiger partial charge < -0.3 is 10.2 Å². The molecular formula is C32H30ClFN6O. The van der Waals surface area contributed by atoms with Crippen molar-refractivity contribution in [2.75, 3.05) is 25.5 Å². The molecule has 1 saturated heterocycles. The van der Waals surface area contributed by atoms with Gasteiger partial charge in [-0.3, -0.25) is 14.3 Å². The van der Waals surface area contributed by atoms with Crippen molar-refractivity contribution in [3.05, 3.63) is 99.4 Å². The smallest absolute Gasteiger partial charge is 0.259 e. The molecule has 0 aliphatic carbocycles. The average Bonchev–Trinajstić information content (AvgIpc) is 2.97. The molecule has 0 unspecified atom stereocenters. The minimum Gasteiger partial charge on any atom is -0.324 e. The van der Waals surface area contributed by atoms with Crippen molar-refractivity contribution in [1.29, 1.82) is 0 Å². The Bertz CT molecular complexity index is 1810. The van der Waals surface area contributed by atoms with Crippen molar-refractivity contribution in [2.24, 2.45) is 7.05 Å². The zero-order valence-electron chi connectivity index (χ0n) is 23.2. The van der Waals surface area contributed by atoms with Gasteiger partial charge in [-0.15, -0.1) is 0 Å². The Morgan fingerprint density at radius 2 is 1.71 bits per heavy atom. The Morgan fingerprint density at radius 1 is 0.951 bits per heavy atom. The van der Waals surface area contributed by atoms with Gasteiger partial charge in [-0.05, 0) is 87.8 Å². The maximum absolute atomic E-state index is 15.3. The first-order valence-electron chi connectivity index (χ1n) is 13.6. The molecule has 3 aromatic heterocycles. The number of aromatic nitrogens is 4. The van der Waals surface area contributed by atoms with Crippen LogP contribution in [0.1, 0.15) is 30.0 Å². The fourth-order valence-electron chi connectivity index (χ4n) is 5.54. The molecule has 0 spiro atoms. The molecule has 2 aromatic carbocycles. The molecule has 0 saturated carbocycles. The van der Waals surface area contributed by atoms with Crippen molar-refractivity contribution < 1.29 is 4.39 Å². The van der Waals surface area contributed by atoms with Crippen LogP contribution in [0.5, 0.6) is 0 Å². The van der Waals surface area contributed by atoms with Crippen LogP contribution in [0, 0.1) is 12.7 Å². The van der Waals surface area contributed by atoms with E-state index in [0.29, 0.717) is 45.3 Å². The third kappa shape index (κ3) is 5.33. The SMILES string of the molecule is Cc1ncccc1-c1cc(Cl)c(-c2cc3cnc(Nc4ccc(C5CCN(C)CC5)cc4)nc3n(C)c2=O)cc1F. The van der Waals surface area contributed by atoms with Crippen LogP contribution < -0.4 is 10.9 Å². The second-order valence-electron chi connectivity index (χ2n) is 10.7. The van der Waals surface area contributed by atoms with Crippen molar-refractivity contribution in [3.63, 3.8) is 0 Å². The van der Waals surface area contributed by atoms with E-state index in [1.807, 2.05) is 19.1 Å². The lowest BCUT2D eigenvalue weighted by molar-refractivity contribution is 0.255. The van der Waals surface area contributed by atoms with Crippen LogP contribution in [-0.4, -0.2) is 44.6 Å². The van der Waals surface area contributed by atoms with Crippen LogP contribution in [0.3, 0.4) is 0 Å². The van der Waals surface area contributed by atoms with E-state index < -0.39 is 5.82 Å². The zero-order valence-corrected chi connectivity index (χ0v) is 23.9. The van der Waals surface area contributed by atoms with Gasteiger partial charge in [-0.25, -0.2) is 9.37 Å². The summed E-state index contributed by atoms with van der Waals surface area (Å²) in [4.78, 5) is 29.1. The van der Waals surface area contributed by atoms with E-state index in [9.17, 15) is 4.79 Å². The minimum absolute atomic E-state index is 0.268. The van der Waals surface area contributed by atoms with E-state index in [2.05, 4.69) is 44.3 Å². The van der Waals surface area contributed by atoms with Crippen molar-refractivity contribution in [2.45, 2.75) is 25.7 Å². The molecule has 0 atom stereocenters. The molecule has 4 heterocycles. The summed E-state index contributed by atoms with van der Waals surface area (Å²) in [6.45, 7) is 4.05. The average molecular weight is 569 g/mol. The highest BCUT2D eigenvalue weighted by molar-refractivity contribution is 6.33. The summed E-state index contributed by atoms with van der Waals surface area (Å²) in [6.07, 6.45) is 5.64. The Morgan fingerprint density at radius 3 is 2.44 bits per heavy atom. The van der Waals surface area contributed by atoms with Crippen LogP contribution in [0.25, 0.3) is 33.3 Å². The normalized spacial score (nSPS) is 14.5. The molecule has 1 aliphatic heterocycles. The molecule has 208 valence electrons. The fourth-order valence-corrected chi connectivity index (χ4v) is 5.80. The van der Waals surface area contributed by atoms with Gasteiger partial charge in [-0.1, -0.05) is 29.8 Å². The Balaban J connectivity index is 1.29. The van der Waals surface area contributed by atoms with Crippen LogP contribution in [0.2, 0.25) is 5.02 Å². The summed E-state index contributed by atoms with van der Waals surface area (Å²) in [5.74, 6) is 0.478. The number of benzene rings is 2. The first-order chi connectivity index (χ1) is 19.8. The lowest BCUT2D eigenvalue weighted by Gasteiger charge is -2.29. The van der Waals surface area contributed by atoms with Crippen molar-refractivity contribution in [1.82, 2.24) is 24.4 Å². The number of nitrogens with zero attached hydrogens (tertiary/aromatic N) is 5. The molecule has 6 rings (SSSR count). The highest BCUT2D eigenvalue weighted by atomic mass is 35.5. The first kappa shape index (κ1) is 27.1. The second-order valence-corrected chi connectivity index (χ2v) is 11.1. The van der Waals surface area contributed by atoms with E-state index in [1.54, 1.807) is 43.7 Å². The van der Waals surface area contributed by atoms with Crippen molar-refractivity contribution >= 4 is 34.3 Å². The van der Waals surface area contributed by atoms with Crippen LogP contribution in [0.15, 0.2) is 71.8 Å². The predicted octanol–water partition coefficient (Wildman–Crippen LogP) is 6.71. The quantitative estimate of drug-likeness (QED) is 0.254. The Labute approximate surface area is 242 Å². The van der Waals surface area contributed by atoms with Crippen LogP contribution in [-0.2, 0) is 7.05 Å². The van der Waals surface area contributed by atoms with Gasteiger partial charge in [-0.2, -0.15) is 4.98 Å². The topological polar surface area (TPSA) is 75.9 Å². The van der Waals surface area contributed by atoms with E-state index in [-0.39, 0.29) is 16.1 Å². The number of hydrogen-bond acceptors (Lipinski definition) is 6. The number of anilines is 2. The predicted molar refractivity (Wildman–Crippen MR) is 162 cm³/mol. The van der Waals surface area contributed by atoms with E-state index >= 15 is 4.39 Å². The van der Waals surface area contributed by atoms with E-state index in [0.717, 1.165) is 18.8 Å². The monoisotopic (exact) mass is 568 g/mol. The van der Waals surface area contributed by atoms with Gasteiger partial charge in [0.1, 0.15) is 11.5 Å². The maximum atomic E-state index is 15.3. The summed E-state index contributed by atoms with van der Waals surface area (Å²) in [7, 11) is 3.80. The van der Waals surface area contributed by atoms with Crippen LogP contribution in [0.4, 0.5) is 16.0 Å². The van der Waals surface area contributed by atoms with Gasteiger partial charge >= 0.3 is 0 Å². The number of fused-ring (bicyclic) bond motifs is 1. The summed E-state index contributed by atoms with van der Waals surface area (Å²) in [5.41, 5.74) is 4.58. The molecule has 0 amide bonds. The third-order valence-electron chi connectivity index (χ3n) is 7.95. The van der Waals surface area contributed by atoms with Gasteiger partial charge in [0.15, 0.2) is 0 Å². The molecule has 41 heavy (non-hydrogen) atoms. The summed E-state index contributed by atoms with van der Waals surface area (Å²) in [5, 5.41) is 4.15. The van der Waals surface area contributed by atoms with Gasteiger partial charge in [0.25, 0.3) is 5.56 Å². The number of piperidine rings is 1. The molecule has 5 aromatic rings. The lowest BCUT2D eigenvalue weighted by Crippen LogP contribution is -2.29. The summed E-state index contributed by atoms with van der Waals surface area (Å²) >= 11 is 6.62. The second kappa shape index (κ2) is 11.0. The standard InChI is InChI=1S/C32H30ClFN6O/c1-19-24(5-4-12-35-19)26-16-28(33)25(17-29(26)34)27-15-22-18-36-32(38-30(22)40(3)31(27)41)37-23-8-6-20(7-9-23)21-10-13-39(2)14-11-21/h4-9,12,15-18,21H,10-11,13-14H2,1-3H3,(H,36,37,38). The Hall–Kier alpha value is -4.14. The largest absolute Gasteiger partial charge is 0.324 e. The number of hydrogen-bond donors (Lipinski definition) is 1. The van der Waals surface area contributed by atoms with Gasteiger partial charge in [0.05, 0.1) is 0 Å². The molecule has 7 nitrogen and oxygen atoms in total. The fraction of sp³-hybridized carbons (Fsp3) is 0.250. The molecule has 0 radical (unpaired) electrons. The molecule has 1 aliphatic rings. The van der Waals surface area contributed by atoms with E-state index in [1.165, 1.54) is 29.0 Å². The van der Waals surface area contributed by atoms with Gasteiger partial charge in [0, 0.05) is 63.5 Å². The third-order valence-corrected chi connectivity index (χ3v) is 8.26. The zero-order chi connectivity index (χ0) is 28.7. The number of aryl methyl sites for hydroxylation is 2. The van der Waals surface area contributed by atoms with E-state index in [4.69, 9.17) is 11.6 Å². The minimum atomic E-state index is -0.486. The molecular weight excluding hydrogens is 539 g/mol. The molecule has 1 N–H and O–H groups in total. The number of nitrogens with one attached hydrogen (secondary N) is 1. The number of likely N-dealkylation sites (tertiary alicyclic amines) is 1. The number of pyridine rings is 2. The van der Waals surface area contributed by atoms with Crippen LogP contribution >= 0.6 is 11.6 Å². The molecule has 0 bridgehead atoms. The number of halogens is 2. The molecule has 9 heteroatoms. The van der Waals surface area contributed by atoms with Crippen molar-refractivity contribution in [3.8, 4) is 22.3 Å².